The Morgan fingerprint density at radius 3 is 2.68 bits per heavy atom. The minimum atomic E-state index is -0.368. The van der Waals surface area contributed by atoms with Gasteiger partial charge in [0.25, 0.3) is 0 Å². The van der Waals surface area contributed by atoms with Crippen LogP contribution < -0.4 is 19.7 Å². The fourth-order valence-corrected chi connectivity index (χ4v) is 3.81. The fraction of sp³-hybridized carbons (Fsp3) is 0.364. The van der Waals surface area contributed by atoms with Crippen LogP contribution in [0.3, 0.4) is 0 Å². The summed E-state index contributed by atoms with van der Waals surface area (Å²) in [4.78, 5) is 27.0. The number of aryl methyl sites for hydroxylation is 1. The van der Waals surface area contributed by atoms with E-state index in [1.165, 1.54) is 0 Å². The van der Waals surface area contributed by atoms with Gasteiger partial charge >= 0.3 is 0 Å². The molecule has 1 saturated heterocycles. The maximum Gasteiger partial charge on any atom is 0.227 e. The lowest BCUT2D eigenvalue weighted by atomic mass is 10.0. The number of hydrogen-bond donors (Lipinski definition) is 1. The van der Waals surface area contributed by atoms with Gasteiger partial charge in [0, 0.05) is 24.7 Å². The highest BCUT2D eigenvalue weighted by molar-refractivity contribution is 6.00. The van der Waals surface area contributed by atoms with E-state index >= 15 is 0 Å². The molecular formula is C22H24N2O4. The van der Waals surface area contributed by atoms with E-state index in [-0.39, 0.29) is 30.2 Å². The first-order chi connectivity index (χ1) is 13.5. The van der Waals surface area contributed by atoms with E-state index in [0.717, 1.165) is 16.8 Å². The third-order valence-electron chi connectivity index (χ3n) is 5.35. The summed E-state index contributed by atoms with van der Waals surface area (Å²) in [6.45, 7) is 5.38. The van der Waals surface area contributed by atoms with Crippen LogP contribution in [-0.4, -0.2) is 31.6 Å². The zero-order valence-corrected chi connectivity index (χ0v) is 16.1. The molecule has 0 bridgehead atoms. The monoisotopic (exact) mass is 380 g/mol. The molecule has 28 heavy (non-hydrogen) atoms. The first-order valence-corrected chi connectivity index (χ1v) is 9.59. The second-order valence-electron chi connectivity index (χ2n) is 7.32. The van der Waals surface area contributed by atoms with E-state index in [4.69, 9.17) is 9.47 Å². The van der Waals surface area contributed by atoms with Crippen LogP contribution in [0, 0.1) is 12.8 Å². The molecule has 0 aliphatic carbocycles. The molecular weight excluding hydrogens is 356 g/mol. The fourth-order valence-electron chi connectivity index (χ4n) is 3.81. The van der Waals surface area contributed by atoms with E-state index in [1.54, 1.807) is 4.90 Å². The van der Waals surface area contributed by atoms with Crippen molar-refractivity contribution in [3.8, 4) is 11.5 Å². The summed E-state index contributed by atoms with van der Waals surface area (Å²) in [7, 11) is 0. The van der Waals surface area contributed by atoms with Gasteiger partial charge in [0.2, 0.25) is 11.8 Å². The Hall–Kier alpha value is -3.02. The van der Waals surface area contributed by atoms with Crippen LogP contribution in [0.5, 0.6) is 11.5 Å². The molecule has 146 valence electrons. The molecule has 0 spiro atoms. The SMILES string of the molecule is Cc1ccccc1C(C)NC(=O)C1CC(=O)N(c2ccc3c(c2)OCCO3)C1. The maximum atomic E-state index is 12.8. The normalized spacial score (nSPS) is 19.4. The van der Waals surface area contributed by atoms with Gasteiger partial charge in [-0.2, -0.15) is 0 Å². The van der Waals surface area contributed by atoms with Crippen LogP contribution in [0.4, 0.5) is 5.69 Å². The van der Waals surface area contributed by atoms with Crippen molar-refractivity contribution < 1.29 is 19.1 Å². The average molecular weight is 380 g/mol. The first kappa shape index (κ1) is 18.3. The lowest BCUT2D eigenvalue weighted by Gasteiger charge is -2.22. The van der Waals surface area contributed by atoms with Crippen molar-refractivity contribution in [2.75, 3.05) is 24.7 Å². The number of anilines is 1. The van der Waals surface area contributed by atoms with Gasteiger partial charge in [0.1, 0.15) is 13.2 Å². The number of nitrogens with one attached hydrogen (secondary N) is 1. The second-order valence-corrected chi connectivity index (χ2v) is 7.32. The average Bonchev–Trinajstić information content (AvgIpc) is 3.09. The zero-order chi connectivity index (χ0) is 19.7. The first-order valence-electron chi connectivity index (χ1n) is 9.59. The topological polar surface area (TPSA) is 67.9 Å². The van der Waals surface area contributed by atoms with E-state index in [9.17, 15) is 9.59 Å². The van der Waals surface area contributed by atoms with E-state index in [2.05, 4.69) is 5.32 Å². The summed E-state index contributed by atoms with van der Waals surface area (Å²) in [5.74, 6) is 0.803. The van der Waals surface area contributed by atoms with Crippen LogP contribution in [-0.2, 0) is 9.59 Å². The van der Waals surface area contributed by atoms with Crippen LogP contribution in [0.2, 0.25) is 0 Å². The third kappa shape index (κ3) is 3.54. The van der Waals surface area contributed by atoms with Crippen molar-refractivity contribution >= 4 is 17.5 Å². The molecule has 1 fully saturated rings. The Bertz CT molecular complexity index is 911. The van der Waals surface area contributed by atoms with Crippen molar-refractivity contribution in [1.82, 2.24) is 5.32 Å². The van der Waals surface area contributed by atoms with Crippen LogP contribution in [0.25, 0.3) is 0 Å². The molecule has 4 rings (SSSR count). The smallest absolute Gasteiger partial charge is 0.227 e. The molecule has 2 aliphatic rings. The molecule has 2 aliphatic heterocycles. The summed E-state index contributed by atoms with van der Waals surface area (Å²) < 4.78 is 11.1. The number of rotatable bonds is 4. The maximum absolute atomic E-state index is 12.8. The molecule has 2 heterocycles. The molecule has 2 aromatic rings. The predicted molar refractivity (Wildman–Crippen MR) is 106 cm³/mol. The number of hydrogen-bond acceptors (Lipinski definition) is 4. The Morgan fingerprint density at radius 2 is 1.89 bits per heavy atom. The molecule has 0 radical (unpaired) electrons. The van der Waals surface area contributed by atoms with Gasteiger partial charge in [-0.15, -0.1) is 0 Å². The van der Waals surface area contributed by atoms with Gasteiger partial charge in [-0.05, 0) is 37.1 Å². The predicted octanol–water partition coefficient (Wildman–Crippen LogP) is 3.00. The van der Waals surface area contributed by atoms with Crippen molar-refractivity contribution in [1.29, 1.82) is 0 Å². The minimum absolute atomic E-state index is 0.0552. The Kier molecular flexibility index (Phi) is 4.94. The number of amides is 2. The number of nitrogens with zero attached hydrogens (tertiary/aromatic N) is 1. The highest BCUT2D eigenvalue weighted by Gasteiger charge is 2.36. The summed E-state index contributed by atoms with van der Waals surface area (Å²) >= 11 is 0. The quantitative estimate of drug-likeness (QED) is 0.885. The molecule has 0 aromatic heterocycles. The van der Waals surface area contributed by atoms with Crippen molar-refractivity contribution in [2.45, 2.75) is 26.3 Å². The third-order valence-corrected chi connectivity index (χ3v) is 5.35. The number of carbonyl (C=O) groups is 2. The van der Waals surface area contributed by atoms with E-state index in [1.807, 2.05) is 56.3 Å². The van der Waals surface area contributed by atoms with Gasteiger partial charge in [-0.1, -0.05) is 24.3 Å². The summed E-state index contributed by atoms with van der Waals surface area (Å²) in [5, 5.41) is 3.06. The van der Waals surface area contributed by atoms with Crippen LogP contribution in [0.1, 0.15) is 30.5 Å². The van der Waals surface area contributed by atoms with E-state index in [0.29, 0.717) is 31.3 Å². The Morgan fingerprint density at radius 1 is 1.14 bits per heavy atom. The van der Waals surface area contributed by atoms with Gasteiger partial charge in [-0.3, -0.25) is 9.59 Å². The standard InChI is InChI=1S/C22H24N2O4/c1-14-5-3-4-6-18(14)15(2)23-22(26)16-11-21(25)24(13-16)17-7-8-19-20(12-17)28-10-9-27-19/h3-8,12,15-16H,9-11,13H2,1-2H3,(H,23,26). The number of carbonyl (C=O) groups excluding carboxylic acids is 2. The molecule has 2 aromatic carbocycles. The van der Waals surface area contributed by atoms with Crippen LogP contribution >= 0.6 is 0 Å². The highest BCUT2D eigenvalue weighted by Crippen LogP contribution is 2.36. The summed E-state index contributed by atoms with van der Waals surface area (Å²) in [5.41, 5.74) is 2.95. The van der Waals surface area contributed by atoms with Crippen molar-refractivity contribution in [2.24, 2.45) is 5.92 Å². The molecule has 6 heteroatoms. The molecule has 2 amide bonds. The molecule has 1 N–H and O–H groups in total. The number of fused-ring (bicyclic) bond motifs is 1. The van der Waals surface area contributed by atoms with Gasteiger partial charge < -0.3 is 19.7 Å². The Balaban J connectivity index is 1.44. The van der Waals surface area contributed by atoms with E-state index < -0.39 is 0 Å². The molecule has 6 nitrogen and oxygen atoms in total. The van der Waals surface area contributed by atoms with Crippen molar-refractivity contribution in [3.05, 3.63) is 53.6 Å². The number of ether oxygens (including phenoxy) is 2. The molecule has 0 saturated carbocycles. The van der Waals surface area contributed by atoms with Crippen LogP contribution in [0.15, 0.2) is 42.5 Å². The summed E-state index contributed by atoms with van der Waals surface area (Å²) in [6, 6.07) is 13.3. The Labute approximate surface area is 164 Å². The van der Waals surface area contributed by atoms with Crippen molar-refractivity contribution in [3.63, 3.8) is 0 Å². The second kappa shape index (κ2) is 7.54. The minimum Gasteiger partial charge on any atom is -0.486 e. The number of benzene rings is 2. The van der Waals surface area contributed by atoms with Gasteiger partial charge in [0.05, 0.1) is 12.0 Å². The van der Waals surface area contributed by atoms with Gasteiger partial charge in [0.15, 0.2) is 11.5 Å². The lowest BCUT2D eigenvalue weighted by molar-refractivity contribution is -0.126. The lowest BCUT2D eigenvalue weighted by Crippen LogP contribution is -2.34. The molecule has 2 atom stereocenters. The molecule has 2 unspecified atom stereocenters. The van der Waals surface area contributed by atoms with Gasteiger partial charge in [-0.25, -0.2) is 0 Å². The zero-order valence-electron chi connectivity index (χ0n) is 16.1. The summed E-state index contributed by atoms with van der Waals surface area (Å²) in [6.07, 6.45) is 0.209. The largest absolute Gasteiger partial charge is 0.486 e. The highest BCUT2D eigenvalue weighted by atomic mass is 16.6.